The van der Waals surface area contributed by atoms with E-state index in [1.165, 1.54) is 0 Å². The van der Waals surface area contributed by atoms with E-state index in [4.69, 9.17) is 0 Å². The second-order valence-corrected chi connectivity index (χ2v) is 4.54. The van der Waals surface area contributed by atoms with Crippen LogP contribution in [0.1, 0.15) is 15.9 Å². The van der Waals surface area contributed by atoms with Crippen LogP contribution in [0.2, 0.25) is 0 Å². The van der Waals surface area contributed by atoms with E-state index < -0.39 is 0 Å². The van der Waals surface area contributed by atoms with Crippen LogP contribution in [-0.4, -0.2) is 16.1 Å². The molecular formula is C11H10IN3O. The maximum Gasteiger partial charge on any atom is 0.251 e. The molecule has 2 aromatic rings. The molecule has 5 heteroatoms. The molecule has 0 bridgehead atoms. The predicted molar refractivity (Wildman–Crippen MR) is 68.9 cm³/mol. The van der Waals surface area contributed by atoms with Crippen molar-refractivity contribution >= 4 is 28.5 Å². The molecule has 2 N–H and O–H groups in total. The van der Waals surface area contributed by atoms with Crippen LogP contribution in [0.5, 0.6) is 0 Å². The van der Waals surface area contributed by atoms with Gasteiger partial charge in [-0.15, -0.1) is 0 Å². The maximum absolute atomic E-state index is 11.7. The highest BCUT2D eigenvalue weighted by atomic mass is 127. The molecular weight excluding hydrogens is 317 g/mol. The van der Waals surface area contributed by atoms with Gasteiger partial charge < -0.3 is 5.32 Å². The first-order valence-electron chi connectivity index (χ1n) is 4.77. The molecule has 2 rings (SSSR count). The monoisotopic (exact) mass is 327 g/mol. The highest BCUT2D eigenvalue weighted by Gasteiger charge is 2.04. The van der Waals surface area contributed by atoms with Gasteiger partial charge in [0.15, 0.2) is 0 Å². The summed E-state index contributed by atoms with van der Waals surface area (Å²) in [5.41, 5.74) is 1.63. The highest BCUT2D eigenvalue weighted by molar-refractivity contribution is 14.1. The van der Waals surface area contributed by atoms with Gasteiger partial charge in [-0.25, -0.2) is 0 Å². The molecule has 0 fully saturated rings. The van der Waals surface area contributed by atoms with Crippen molar-refractivity contribution in [3.63, 3.8) is 0 Å². The van der Waals surface area contributed by atoms with Crippen molar-refractivity contribution in [2.45, 2.75) is 6.54 Å². The Hall–Kier alpha value is -1.37. The Morgan fingerprint density at radius 2 is 2.12 bits per heavy atom. The fraction of sp³-hybridized carbons (Fsp3) is 0.0909. The summed E-state index contributed by atoms with van der Waals surface area (Å²) in [4.78, 5) is 11.7. The molecule has 0 aliphatic rings. The van der Waals surface area contributed by atoms with Gasteiger partial charge in [0.1, 0.15) is 0 Å². The van der Waals surface area contributed by atoms with Gasteiger partial charge in [0, 0.05) is 27.4 Å². The van der Waals surface area contributed by atoms with Gasteiger partial charge >= 0.3 is 0 Å². The zero-order valence-corrected chi connectivity index (χ0v) is 10.6. The molecule has 0 atom stereocenters. The van der Waals surface area contributed by atoms with Crippen LogP contribution in [0.25, 0.3) is 0 Å². The van der Waals surface area contributed by atoms with Gasteiger partial charge in [-0.1, -0.05) is 0 Å². The summed E-state index contributed by atoms with van der Waals surface area (Å²) in [5.74, 6) is -0.0717. The van der Waals surface area contributed by atoms with Crippen molar-refractivity contribution in [2.75, 3.05) is 0 Å². The fourth-order valence-electron chi connectivity index (χ4n) is 1.26. The number of carbonyl (C=O) groups is 1. The third-order valence-electron chi connectivity index (χ3n) is 2.11. The average molecular weight is 327 g/mol. The molecule has 0 radical (unpaired) electrons. The number of benzene rings is 1. The smallest absolute Gasteiger partial charge is 0.251 e. The summed E-state index contributed by atoms with van der Waals surface area (Å²) in [6, 6.07) is 7.44. The summed E-state index contributed by atoms with van der Waals surface area (Å²) < 4.78 is 1.11. The van der Waals surface area contributed by atoms with Gasteiger partial charge in [0.25, 0.3) is 5.91 Å². The molecule has 16 heavy (non-hydrogen) atoms. The van der Waals surface area contributed by atoms with E-state index >= 15 is 0 Å². The second kappa shape index (κ2) is 5.11. The number of nitrogens with one attached hydrogen (secondary N) is 2. The lowest BCUT2D eigenvalue weighted by molar-refractivity contribution is 0.0951. The fourth-order valence-corrected chi connectivity index (χ4v) is 1.62. The Morgan fingerprint density at radius 1 is 1.38 bits per heavy atom. The number of nitrogens with zero attached hydrogens (tertiary/aromatic N) is 1. The minimum Gasteiger partial charge on any atom is -0.348 e. The van der Waals surface area contributed by atoms with E-state index in [9.17, 15) is 4.79 Å². The molecule has 82 valence electrons. The molecule has 0 aliphatic heterocycles. The van der Waals surface area contributed by atoms with Gasteiger partial charge in [-0.3, -0.25) is 9.89 Å². The van der Waals surface area contributed by atoms with Crippen molar-refractivity contribution in [3.8, 4) is 0 Å². The number of amides is 1. The Kier molecular flexibility index (Phi) is 3.55. The Bertz CT molecular complexity index is 464. The van der Waals surface area contributed by atoms with Crippen molar-refractivity contribution in [1.29, 1.82) is 0 Å². The van der Waals surface area contributed by atoms with Gasteiger partial charge in [0.2, 0.25) is 0 Å². The Balaban J connectivity index is 1.95. The van der Waals surface area contributed by atoms with Crippen molar-refractivity contribution in [2.24, 2.45) is 0 Å². The molecule has 1 amide bonds. The summed E-state index contributed by atoms with van der Waals surface area (Å²) in [6.45, 7) is 0.487. The Labute approximate surface area is 107 Å². The van der Waals surface area contributed by atoms with E-state index in [1.54, 1.807) is 12.4 Å². The minimum absolute atomic E-state index is 0.0717. The standard InChI is InChI=1S/C11H10IN3O/c12-10-3-1-9(2-4-10)11(16)13-5-8-6-14-15-7-8/h1-4,6-7H,5H2,(H,13,16)(H,14,15). The average Bonchev–Trinajstić information content (AvgIpc) is 2.80. The highest BCUT2D eigenvalue weighted by Crippen LogP contribution is 2.06. The third kappa shape index (κ3) is 2.82. The number of H-pyrrole nitrogens is 1. The van der Waals surface area contributed by atoms with Crippen LogP contribution in [-0.2, 0) is 6.54 Å². The summed E-state index contributed by atoms with van der Waals surface area (Å²) in [7, 11) is 0. The number of hydrogen-bond acceptors (Lipinski definition) is 2. The summed E-state index contributed by atoms with van der Waals surface area (Å²) in [5, 5.41) is 9.33. The van der Waals surface area contributed by atoms with Crippen LogP contribution >= 0.6 is 22.6 Å². The molecule has 0 saturated heterocycles. The van der Waals surface area contributed by atoms with Crippen LogP contribution in [0.3, 0.4) is 0 Å². The van der Waals surface area contributed by atoms with Gasteiger partial charge in [-0.2, -0.15) is 5.10 Å². The normalized spacial score (nSPS) is 10.1. The van der Waals surface area contributed by atoms with Crippen LogP contribution in [0, 0.1) is 3.57 Å². The number of aromatic nitrogens is 2. The van der Waals surface area contributed by atoms with Crippen LogP contribution in [0.15, 0.2) is 36.7 Å². The zero-order valence-electron chi connectivity index (χ0n) is 8.40. The Morgan fingerprint density at radius 3 is 2.75 bits per heavy atom. The molecule has 1 aromatic carbocycles. The predicted octanol–water partition coefficient (Wildman–Crippen LogP) is 1.94. The van der Waals surface area contributed by atoms with E-state index in [0.717, 1.165) is 9.13 Å². The van der Waals surface area contributed by atoms with E-state index in [0.29, 0.717) is 12.1 Å². The molecule has 1 aromatic heterocycles. The molecule has 4 nitrogen and oxygen atoms in total. The second-order valence-electron chi connectivity index (χ2n) is 3.30. The number of carbonyl (C=O) groups excluding carboxylic acids is 1. The molecule has 0 aliphatic carbocycles. The number of rotatable bonds is 3. The number of halogens is 1. The molecule has 1 heterocycles. The quantitative estimate of drug-likeness (QED) is 0.847. The van der Waals surface area contributed by atoms with Crippen molar-refractivity contribution in [3.05, 3.63) is 51.4 Å². The summed E-state index contributed by atoms with van der Waals surface area (Å²) >= 11 is 2.21. The largest absolute Gasteiger partial charge is 0.348 e. The molecule has 0 unspecified atom stereocenters. The minimum atomic E-state index is -0.0717. The first kappa shape index (κ1) is 11.1. The third-order valence-corrected chi connectivity index (χ3v) is 2.83. The van der Waals surface area contributed by atoms with E-state index in [1.807, 2.05) is 24.3 Å². The molecule has 0 saturated carbocycles. The molecule has 0 spiro atoms. The first-order chi connectivity index (χ1) is 7.75. The van der Waals surface area contributed by atoms with Gasteiger partial charge in [-0.05, 0) is 46.9 Å². The zero-order chi connectivity index (χ0) is 11.4. The number of aromatic amines is 1. The van der Waals surface area contributed by atoms with Crippen molar-refractivity contribution in [1.82, 2.24) is 15.5 Å². The van der Waals surface area contributed by atoms with E-state index in [2.05, 4.69) is 38.1 Å². The topological polar surface area (TPSA) is 57.8 Å². The maximum atomic E-state index is 11.7. The van der Waals surface area contributed by atoms with Crippen LogP contribution in [0.4, 0.5) is 0 Å². The van der Waals surface area contributed by atoms with Crippen LogP contribution < -0.4 is 5.32 Å². The van der Waals surface area contributed by atoms with Crippen molar-refractivity contribution < 1.29 is 4.79 Å². The van der Waals surface area contributed by atoms with E-state index in [-0.39, 0.29) is 5.91 Å². The summed E-state index contributed by atoms with van der Waals surface area (Å²) in [6.07, 6.45) is 3.45. The SMILES string of the molecule is O=C(NCc1cn[nH]c1)c1ccc(I)cc1. The first-order valence-corrected chi connectivity index (χ1v) is 5.85. The number of hydrogen-bond donors (Lipinski definition) is 2. The lowest BCUT2D eigenvalue weighted by Gasteiger charge is -2.03. The lowest BCUT2D eigenvalue weighted by atomic mass is 10.2. The lowest BCUT2D eigenvalue weighted by Crippen LogP contribution is -2.22. The van der Waals surface area contributed by atoms with Gasteiger partial charge in [0.05, 0.1) is 6.20 Å².